The first-order valence-electron chi connectivity index (χ1n) is 7.36. The molecule has 1 amide bonds. The maximum absolute atomic E-state index is 13.4. The van der Waals surface area contributed by atoms with Crippen LogP contribution in [0.25, 0.3) is 6.08 Å². The van der Waals surface area contributed by atoms with Gasteiger partial charge in [-0.2, -0.15) is 0 Å². The topological polar surface area (TPSA) is 84.9 Å². The molecule has 0 aromatic heterocycles. The maximum Gasteiger partial charge on any atom is 0.331 e. The zero-order valence-corrected chi connectivity index (χ0v) is 13.7. The number of halogens is 2. The third-order valence-corrected chi connectivity index (χ3v) is 3.17. The minimum absolute atomic E-state index is 0.0445. The molecule has 6 nitrogen and oxygen atoms in total. The molecular weight excluding hydrogens is 348 g/mol. The summed E-state index contributed by atoms with van der Waals surface area (Å²) >= 11 is 0. The van der Waals surface area contributed by atoms with Gasteiger partial charge in [0, 0.05) is 12.1 Å². The number of benzene rings is 2. The standard InChI is InChI=1S/C18H15F2NO5/c1-25-16-8-11(2-6-15(16)22)3-7-18(24)26-10-17(23)21-14-5-4-12(19)9-13(14)20/h2-9,22H,10H2,1H3,(H,21,23)/b7-3-. The van der Waals surface area contributed by atoms with E-state index in [0.29, 0.717) is 11.6 Å². The number of ether oxygens (including phenoxy) is 2. The average molecular weight is 363 g/mol. The fourth-order valence-corrected chi connectivity index (χ4v) is 1.92. The summed E-state index contributed by atoms with van der Waals surface area (Å²) in [6.45, 7) is -0.640. The molecule has 0 spiro atoms. The number of carbonyl (C=O) groups is 2. The van der Waals surface area contributed by atoms with E-state index in [1.54, 1.807) is 6.07 Å². The SMILES string of the molecule is COc1cc(/C=C\C(=O)OCC(=O)Nc2ccc(F)cc2F)ccc1O. The summed E-state index contributed by atoms with van der Waals surface area (Å²) in [4.78, 5) is 23.2. The van der Waals surface area contributed by atoms with Crippen LogP contribution in [0.1, 0.15) is 5.56 Å². The molecular formula is C18H15F2NO5. The highest BCUT2D eigenvalue weighted by atomic mass is 19.1. The first kappa shape index (κ1) is 18.9. The summed E-state index contributed by atoms with van der Waals surface area (Å²) in [6.07, 6.45) is 2.49. The first-order chi connectivity index (χ1) is 12.4. The van der Waals surface area contributed by atoms with Crippen LogP contribution in [-0.4, -0.2) is 30.7 Å². The normalized spacial score (nSPS) is 10.6. The van der Waals surface area contributed by atoms with E-state index in [-0.39, 0.29) is 17.2 Å². The number of hydrogen-bond acceptors (Lipinski definition) is 5. The molecule has 0 fully saturated rings. The second kappa shape index (κ2) is 8.61. The minimum atomic E-state index is -0.939. The Morgan fingerprint density at radius 2 is 1.96 bits per heavy atom. The molecule has 0 saturated heterocycles. The summed E-state index contributed by atoms with van der Waals surface area (Å²) in [5, 5.41) is 11.6. The number of nitrogens with one attached hydrogen (secondary N) is 1. The van der Waals surface area contributed by atoms with Crippen LogP contribution in [0.5, 0.6) is 11.5 Å². The van der Waals surface area contributed by atoms with Gasteiger partial charge < -0.3 is 19.9 Å². The van der Waals surface area contributed by atoms with Crippen LogP contribution < -0.4 is 10.1 Å². The van der Waals surface area contributed by atoms with Gasteiger partial charge in [-0.3, -0.25) is 4.79 Å². The Labute approximate surface area is 147 Å². The number of methoxy groups -OCH3 is 1. The van der Waals surface area contributed by atoms with E-state index in [2.05, 4.69) is 5.32 Å². The van der Waals surface area contributed by atoms with Crippen LogP contribution in [0.3, 0.4) is 0 Å². The van der Waals surface area contributed by atoms with Crippen molar-refractivity contribution in [3.8, 4) is 11.5 Å². The molecule has 0 unspecified atom stereocenters. The molecule has 0 saturated carbocycles. The molecule has 0 heterocycles. The van der Waals surface area contributed by atoms with E-state index in [0.717, 1.165) is 18.2 Å². The van der Waals surface area contributed by atoms with Crippen LogP contribution in [0.15, 0.2) is 42.5 Å². The van der Waals surface area contributed by atoms with Gasteiger partial charge in [-0.05, 0) is 35.9 Å². The van der Waals surface area contributed by atoms with E-state index in [1.165, 1.54) is 25.3 Å². The lowest BCUT2D eigenvalue weighted by Gasteiger charge is -2.06. The Balaban J connectivity index is 1.87. The summed E-state index contributed by atoms with van der Waals surface area (Å²) in [5.41, 5.74) is 0.341. The van der Waals surface area contributed by atoms with Crippen molar-refractivity contribution in [2.45, 2.75) is 0 Å². The van der Waals surface area contributed by atoms with Crippen molar-refractivity contribution >= 4 is 23.6 Å². The highest BCUT2D eigenvalue weighted by Gasteiger charge is 2.10. The monoisotopic (exact) mass is 363 g/mol. The zero-order valence-electron chi connectivity index (χ0n) is 13.7. The Morgan fingerprint density at radius 3 is 2.65 bits per heavy atom. The van der Waals surface area contributed by atoms with Gasteiger partial charge in [0.05, 0.1) is 12.8 Å². The number of rotatable bonds is 6. The van der Waals surface area contributed by atoms with Crippen LogP contribution in [-0.2, 0) is 14.3 Å². The minimum Gasteiger partial charge on any atom is -0.504 e. The van der Waals surface area contributed by atoms with E-state index in [4.69, 9.17) is 9.47 Å². The molecule has 0 atom stereocenters. The van der Waals surface area contributed by atoms with Crippen molar-refractivity contribution in [1.29, 1.82) is 0 Å². The highest BCUT2D eigenvalue weighted by Crippen LogP contribution is 2.26. The Kier molecular flexibility index (Phi) is 6.26. The van der Waals surface area contributed by atoms with Crippen molar-refractivity contribution in [2.24, 2.45) is 0 Å². The molecule has 8 heteroatoms. The van der Waals surface area contributed by atoms with E-state index in [9.17, 15) is 23.5 Å². The number of esters is 1. The van der Waals surface area contributed by atoms with E-state index in [1.807, 2.05) is 0 Å². The predicted octanol–water partition coefficient (Wildman–Crippen LogP) is 2.87. The zero-order chi connectivity index (χ0) is 19.1. The molecule has 2 aromatic carbocycles. The molecule has 0 bridgehead atoms. The van der Waals surface area contributed by atoms with E-state index < -0.39 is 30.1 Å². The maximum atomic E-state index is 13.4. The fourth-order valence-electron chi connectivity index (χ4n) is 1.92. The van der Waals surface area contributed by atoms with Gasteiger partial charge in [0.15, 0.2) is 18.1 Å². The molecule has 0 radical (unpaired) electrons. The van der Waals surface area contributed by atoms with E-state index >= 15 is 0 Å². The smallest absolute Gasteiger partial charge is 0.331 e. The van der Waals surface area contributed by atoms with Gasteiger partial charge in [0.25, 0.3) is 5.91 Å². The average Bonchev–Trinajstić information content (AvgIpc) is 2.61. The van der Waals surface area contributed by atoms with Crippen molar-refractivity contribution in [3.63, 3.8) is 0 Å². The quantitative estimate of drug-likeness (QED) is 0.609. The van der Waals surface area contributed by atoms with Gasteiger partial charge in [0.2, 0.25) is 0 Å². The molecule has 2 aromatic rings. The number of anilines is 1. The third-order valence-electron chi connectivity index (χ3n) is 3.17. The van der Waals surface area contributed by atoms with Crippen molar-refractivity contribution in [3.05, 3.63) is 59.7 Å². The predicted molar refractivity (Wildman–Crippen MR) is 89.6 cm³/mol. The Morgan fingerprint density at radius 1 is 1.19 bits per heavy atom. The van der Waals surface area contributed by atoms with Crippen molar-refractivity contribution in [1.82, 2.24) is 0 Å². The molecule has 0 aliphatic heterocycles. The number of hydrogen-bond donors (Lipinski definition) is 2. The number of carbonyl (C=O) groups excluding carboxylic acids is 2. The van der Waals surface area contributed by atoms with Crippen LogP contribution in [0, 0.1) is 11.6 Å². The van der Waals surface area contributed by atoms with Gasteiger partial charge >= 0.3 is 5.97 Å². The summed E-state index contributed by atoms with van der Waals surface area (Å²) < 4.78 is 35.9. The molecule has 0 aliphatic rings. The Bertz CT molecular complexity index is 851. The van der Waals surface area contributed by atoms with Gasteiger partial charge in [-0.15, -0.1) is 0 Å². The van der Waals surface area contributed by atoms with Crippen LogP contribution in [0.2, 0.25) is 0 Å². The highest BCUT2D eigenvalue weighted by molar-refractivity contribution is 5.94. The fraction of sp³-hybridized carbons (Fsp3) is 0.111. The van der Waals surface area contributed by atoms with Gasteiger partial charge in [-0.25, -0.2) is 13.6 Å². The largest absolute Gasteiger partial charge is 0.504 e. The summed E-state index contributed by atoms with van der Waals surface area (Å²) in [5.74, 6) is -3.10. The lowest BCUT2D eigenvalue weighted by atomic mass is 10.2. The van der Waals surface area contributed by atoms with Crippen molar-refractivity contribution < 1.29 is 33.0 Å². The van der Waals surface area contributed by atoms with Crippen LogP contribution in [0.4, 0.5) is 14.5 Å². The Hall–Kier alpha value is -3.42. The van der Waals surface area contributed by atoms with Gasteiger partial charge in [-0.1, -0.05) is 6.07 Å². The van der Waals surface area contributed by atoms with Crippen LogP contribution >= 0.6 is 0 Å². The van der Waals surface area contributed by atoms with Crippen molar-refractivity contribution in [2.75, 3.05) is 19.0 Å². The first-order valence-corrected chi connectivity index (χ1v) is 7.36. The second-order valence-electron chi connectivity index (χ2n) is 5.04. The summed E-state index contributed by atoms with van der Waals surface area (Å²) in [6, 6.07) is 7.11. The molecule has 26 heavy (non-hydrogen) atoms. The number of phenolic OH excluding ortho intramolecular Hbond substituents is 1. The number of phenols is 1. The second-order valence-corrected chi connectivity index (χ2v) is 5.04. The number of aromatic hydroxyl groups is 1. The third kappa shape index (κ3) is 5.30. The summed E-state index contributed by atoms with van der Waals surface area (Å²) in [7, 11) is 1.39. The number of amides is 1. The molecule has 2 rings (SSSR count). The lowest BCUT2D eigenvalue weighted by Crippen LogP contribution is -2.20. The molecule has 2 N–H and O–H groups in total. The lowest BCUT2D eigenvalue weighted by molar-refractivity contribution is -0.142. The molecule has 136 valence electrons. The van der Waals surface area contributed by atoms with Gasteiger partial charge in [0.1, 0.15) is 11.6 Å². The molecule has 0 aliphatic carbocycles.